The van der Waals surface area contributed by atoms with Crippen LogP contribution < -0.4 is 0 Å². The van der Waals surface area contributed by atoms with Gasteiger partial charge in [-0.25, -0.2) is 0 Å². The van der Waals surface area contributed by atoms with Crippen molar-refractivity contribution in [3.63, 3.8) is 0 Å². The van der Waals surface area contributed by atoms with Crippen LogP contribution in [0.5, 0.6) is 0 Å². The van der Waals surface area contributed by atoms with E-state index in [-0.39, 0.29) is 12.0 Å². The van der Waals surface area contributed by atoms with Crippen molar-refractivity contribution in [3.05, 3.63) is 0 Å². The Kier molecular flexibility index (Phi) is 5.33. The maximum atomic E-state index is 11.9. The zero-order valence-electron chi connectivity index (χ0n) is 11.2. The fourth-order valence-electron chi connectivity index (χ4n) is 3.00. The predicted molar refractivity (Wildman–Crippen MR) is 74.8 cm³/mol. The molecule has 1 saturated heterocycles. The summed E-state index contributed by atoms with van der Waals surface area (Å²) in [6.45, 7) is 3.51. The van der Waals surface area contributed by atoms with Gasteiger partial charge in [0.05, 0.1) is 6.10 Å². The smallest absolute Gasteiger partial charge is 0.223 e. The van der Waals surface area contributed by atoms with Crippen molar-refractivity contribution in [1.82, 2.24) is 9.80 Å². The molecule has 0 unspecified atom stereocenters. The maximum Gasteiger partial charge on any atom is 0.223 e. The van der Waals surface area contributed by atoms with E-state index in [1.807, 2.05) is 11.2 Å². The van der Waals surface area contributed by atoms with E-state index in [1.165, 1.54) is 0 Å². The molecule has 5 heteroatoms. The van der Waals surface area contributed by atoms with Gasteiger partial charge >= 0.3 is 0 Å². The molecular formula is C13H24N2O2S. The minimum atomic E-state index is -0.149. The molecule has 18 heavy (non-hydrogen) atoms. The van der Waals surface area contributed by atoms with E-state index in [1.54, 1.807) is 11.8 Å². The second-order valence-corrected chi connectivity index (χ2v) is 6.21. The maximum absolute atomic E-state index is 11.9. The van der Waals surface area contributed by atoms with Gasteiger partial charge in [0.1, 0.15) is 0 Å². The fourth-order valence-corrected chi connectivity index (χ4v) is 3.38. The van der Waals surface area contributed by atoms with E-state index in [4.69, 9.17) is 0 Å². The average Bonchev–Trinajstić information content (AvgIpc) is 2.82. The molecule has 0 aromatic carbocycles. The second kappa shape index (κ2) is 6.78. The SMILES string of the molecule is CSCCC(=O)N1CCN([C@@H]2CCC[C@H]2O)CC1. The molecule has 2 rings (SSSR count). The lowest BCUT2D eigenvalue weighted by Gasteiger charge is -2.39. The first-order chi connectivity index (χ1) is 8.72. The minimum absolute atomic E-state index is 0.149. The van der Waals surface area contributed by atoms with Gasteiger partial charge in [-0.05, 0) is 25.5 Å². The van der Waals surface area contributed by atoms with E-state index in [0.29, 0.717) is 12.5 Å². The summed E-state index contributed by atoms with van der Waals surface area (Å²) in [5.41, 5.74) is 0. The molecule has 0 bridgehead atoms. The highest BCUT2D eigenvalue weighted by Gasteiger charge is 2.33. The second-order valence-electron chi connectivity index (χ2n) is 5.23. The van der Waals surface area contributed by atoms with Crippen molar-refractivity contribution in [2.45, 2.75) is 37.8 Å². The van der Waals surface area contributed by atoms with Gasteiger partial charge in [-0.15, -0.1) is 0 Å². The first kappa shape index (κ1) is 14.2. The highest BCUT2D eigenvalue weighted by atomic mass is 32.2. The summed E-state index contributed by atoms with van der Waals surface area (Å²) in [6, 6.07) is 0.341. The van der Waals surface area contributed by atoms with Crippen molar-refractivity contribution in [1.29, 1.82) is 0 Å². The standard InChI is InChI=1S/C13H24N2O2S/c1-18-10-5-13(17)15-8-6-14(7-9-15)11-3-2-4-12(11)16/h11-12,16H,2-10H2,1H3/t11-,12-/m1/s1. The van der Waals surface area contributed by atoms with E-state index in [9.17, 15) is 9.90 Å². The zero-order valence-corrected chi connectivity index (χ0v) is 12.0. The molecule has 2 fully saturated rings. The number of piperazine rings is 1. The van der Waals surface area contributed by atoms with Crippen LogP contribution in [0.15, 0.2) is 0 Å². The van der Waals surface area contributed by atoms with Crippen LogP contribution in [0.1, 0.15) is 25.7 Å². The molecule has 2 atom stereocenters. The number of aliphatic hydroxyl groups excluding tert-OH is 1. The number of nitrogens with zero attached hydrogens (tertiary/aromatic N) is 2. The topological polar surface area (TPSA) is 43.8 Å². The molecule has 1 aliphatic heterocycles. The number of carbonyl (C=O) groups is 1. The number of aliphatic hydroxyl groups is 1. The first-order valence-electron chi connectivity index (χ1n) is 6.91. The lowest BCUT2D eigenvalue weighted by Crippen LogP contribution is -2.53. The Bertz CT molecular complexity index is 280. The molecular weight excluding hydrogens is 248 g/mol. The molecule has 1 N–H and O–H groups in total. The Morgan fingerprint density at radius 1 is 1.28 bits per heavy atom. The molecule has 0 spiro atoms. The molecule has 104 valence electrons. The molecule has 2 aliphatic rings. The lowest BCUT2D eigenvalue weighted by atomic mass is 10.1. The van der Waals surface area contributed by atoms with Crippen molar-refractivity contribution in [3.8, 4) is 0 Å². The molecule has 1 amide bonds. The van der Waals surface area contributed by atoms with E-state index < -0.39 is 0 Å². The summed E-state index contributed by atoms with van der Waals surface area (Å²) in [6.07, 6.45) is 5.74. The first-order valence-corrected chi connectivity index (χ1v) is 8.30. The highest BCUT2D eigenvalue weighted by molar-refractivity contribution is 7.98. The number of hydrogen-bond acceptors (Lipinski definition) is 4. The Balaban J connectivity index is 1.75. The van der Waals surface area contributed by atoms with Gasteiger partial charge in [-0.1, -0.05) is 0 Å². The Hall–Kier alpha value is -0.260. The molecule has 1 aliphatic carbocycles. The lowest BCUT2D eigenvalue weighted by molar-refractivity contribution is -0.133. The van der Waals surface area contributed by atoms with Crippen molar-refractivity contribution >= 4 is 17.7 Å². The molecule has 0 radical (unpaired) electrons. The van der Waals surface area contributed by atoms with E-state index >= 15 is 0 Å². The van der Waals surface area contributed by atoms with Gasteiger partial charge < -0.3 is 10.0 Å². The van der Waals surface area contributed by atoms with Crippen LogP contribution in [0, 0.1) is 0 Å². The normalized spacial score (nSPS) is 29.8. The molecule has 1 saturated carbocycles. The average molecular weight is 272 g/mol. The molecule has 0 aromatic heterocycles. The summed E-state index contributed by atoms with van der Waals surface area (Å²) in [7, 11) is 0. The van der Waals surface area contributed by atoms with E-state index in [0.717, 1.165) is 51.2 Å². The zero-order chi connectivity index (χ0) is 13.0. The third kappa shape index (κ3) is 3.39. The van der Waals surface area contributed by atoms with Gasteiger partial charge in [0, 0.05) is 44.4 Å². The summed E-state index contributed by atoms with van der Waals surface area (Å²) in [5.74, 6) is 1.20. The van der Waals surface area contributed by atoms with Gasteiger partial charge in [-0.3, -0.25) is 9.69 Å². The van der Waals surface area contributed by atoms with Crippen LogP contribution in [0.25, 0.3) is 0 Å². The monoisotopic (exact) mass is 272 g/mol. The van der Waals surface area contributed by atoms with Crippen LogP contribution in [0.2, 0.25) is 0 Å². The Morgan fingerprint density at radius 2 is 2.00 bits per heavy atom. The van der Waals surface area contributed by atoms with Crippen molar-refractivity contribution in [2.75, 3.05) is 38.2 Å². The van der Waals surface area contributed by atoms with E-state index in [2.05, 4.69) is 4.90 Å². The molecule has 4 nitrogen and oxygen atoms in total. The van der Waals surface area contributed by atoms with Crippen LogP contribution >= 0.6 is 11.8 Å². The Morgan fingerprint density at radius 3 is 2.56 bits per heavy atom. The van der Waals surface area contributed by atoms with Gasteiger partial charge in [0.2, 0.25) is 5.91 Å². The molecule has 0 aromatic rings. The number of carbonyl (C=O) groups excluding carboxylic acids is 1. The predicted octanol–water partition coefficient (Wildman–Crippen LogP) is 0.797. The fraction of sp³-hybridized carbons (Fsp3) is 0.923. The summed E-state index contributed by atoms with van der Waals surface area (Å²) >= 11 is 1.72. The van der Waals surface area contributed by atoms with Crippen LogP contribution in [0.3, 0.4) is 0 Å². The van der Waals surface area contributed by atoms with Gasteiger partial charge in [0.15, 0.2) is 0 Å². The quantitative estimate of drug-likeness (QED) is 0.822. The van der Waals surface area contributed by atoms with Crippen LogP contribution in [-0.2, 0) is 4.79 Å². The number of thioether (sulfide) groups is 1. The van der Waals surface area contributed by atoms with Crippen molar-refractivity contribution < 1.29 is 9.90 Å². The van der Waals surface area contributed by atoms with Gasteiger partial charge in [0.25, 0.3) is 0 Å². The van der Waals surface area contributed by atoms with Crippen LogP contribution in [-0.4, -0.2) is 71.1 Å². The third-order valence-electron chi connectivity index (χ3n) is 4.10. The minimum Gasteiger partial charge on any atom is -0.391 e. The largest absolute Gasteiger partial charge is 0.391 e. The van der Waals surface area contributed by atoms with Crippen molar-refractivity contribution in [2.24, 2.45) is 0 Å². The molecule has 1 heterocycles. The third-order valence-corrected chi connectivity index (χ3v) is 4.71. The summed E-state index contributed by atoms with van der Waals surface area (Å²) in [5, 5.41) is 9.91. The number of rotatable bonds is 4. The highest BCUT2D eigenvalue weighted by Crippen LogP contribution is 2.25. The van der Waals surface area contributed by atoms with Crippen LogP contribution in [0.4, 0.5) is 0 Å². The number of hydrogen-bond donors (Lipinski definition) is 1. The Labute approximate surface area is 114 Å². The summed E-state index contributed by atoms with van der Waals surface area (Å²) < 4.78 is 0. The number of amides is 1. The van der Waals surface area contributed by atoms with Gasteiger partial charge in [-0.2, -0.15) is 11.8 Å². The summed E-state index contributed by atoms with van der Waals surface area (Å²) in [4.78, 5) is 16.2.